The molecule has 0 spiro atoms. The number of nitrogens with zero attached hydrogens (tertiary/aromatic N) is 3. The van der Waals surface area contributed by atoms with Crippen LogP contribution >= 0.6 is 0 Å². The molecule has 8 heteroatoms. The molecule has 1 aliphatic rings. The second-order valence-electron chi connectivity index (χ2n) is 6.91. The Hall–Kier alpha value is -3.81. The molecule has 1 aliphatic heterocycles. The fraction of sp³-hybridized carbons (Fsp3) is 0.136. The van der Waals surface area contributed by atoms with Crippen LogP contribution in [-0.4, -0.2) is 33.9 Å². The second kappa shape index (κ2) is 7.22. The number of halogens is 2. The molecule has 2 heterocycles. The zero-order valence-corrected chi connectivity index (χ0v) is 16.0. The molecule has 0 saturated carbocycles. The number of aromatic hydroxyl groups is 1. The van der Waals surface area contributed by atoms with E-state index in [2.05, 4.69) is 9.98 Å². The molecule has 4 rings (SSSR count). The van der Waals surface area contributed by atoms with Gasteiger partial charge in [0.25, 0.3) is 12.3 Å². The molecule has 1 aromatic heterocycles. The van der Waals surface area contributed by atoms with Gasteiger partial charge in [-0.15, -0.1) is 0 Å². The average molecular weight is 408 g/mol. The minimum atomic E-state index is -2.81. The summed E-state index contributed by atoms with van der Waals surface area (Å²) in [5.41, 5.74) is 5.62. The quantitative estimate of drug-likeness (QED) is 0.692. The molecule has 0 fully saturated rings. The smallest absolute Gasteiger partial charge is 0.280 e. The van der Waals surface area contributed by atoms with Crippen molar-refractivity contribution in [2.45, 2.75) is 12.0 Å². The summed E-state index contributed by atoms with van der Waals surface area (Å²) in [4.78, 5) is 22.6. The molecule has 6 nitrogen and oxygen atoms in total. The summed E-state index contributed by atoms with van der Waals surface area (Å²) >= 11 is 0. The SMILES string of the molecule is CN1C(=O)C(c2ccnc(C(F)F)c2)(c2ccc(O)c(-c3ccccc3)c2)N=C1N. The van der Waals surface area contributed by atoms with E-state index in [1.807, 2.05) is 30.3 Å². The van der Waals surface area contributed by atoms with Gasteiger partial charge >= 0.3 is 0 Å². The fourth-order valence-corrected chi connectivity index (χ4v) is 3.59. The molecule has 0 bridgehead atoms. The molecular weight excluding hydrogens is 390 g/mol. The number of phenolic OH excluding ortho intramolecular Hbond substituents is 1. The molecule has 1 unspecified atom stereocenters. The number of carbonyl (C=O) groups excluding carboxylic acids is 1. The lowest BCUT2D eigenvalue weighted by Crippen LogP contribution is -2.41. The van der Waals surface area contributed by atoms with Gasteiger partial charge in [-0.1, -0.05) is 36.4 Å². The van der Waals surface area contributed by atoms with Crippen molar-refractivity contribution in [1.82, 2.24) is 9.88 Å². The van der Waals surface area contributed by atoms with E-state index in [1.165, 1.54) is 36.3 Å². The summed E-state index contributed by atoms with van der Waals surface area (Å²) in [5.74, 6) is -0.514. The number of likely N-dealkylation sites (N-methyl/N-ethyl adjacent to an activating group) is 1. The van der Waals surface area contributed by atoms with Crippen molar-refractivity contribution in [2.75, 3.05) is 7.05 Å². The maximum absolute atomic E-state index is 13.3. The summed E-state index contributed by atoms with van der Waals surface area (Å²) in [7, 11) is 1.47. The number of benzene rings is 2. The molecule has 152 valence electrons. The molecule has 0 saturated heterocycles. The van der Waals surface area contributed by atoms with Crippen molar-refractivity contribution in [3.8, 4) is 16.9 Å². The Morgan fingerprint density at radius 1 is 1.07 bits per heavy atom. The van der Waals surface area contributed by atoms with Crippen LogP contribution in [0.3, 0.4) is 0 Å². The number of nitrogens with two attached hydrogens (primary N) is 1. The molecule has 0 aliphatic carbocycles. The van der Waals surface area contributed by atoms with E-state index in [0.717, 1.165) is 11.6 Å². The average Bonchev–Trinajstić information content (AvgIpc) is 2.99. The maximum atomic E-state index is 13.3. The van der Waals surface area contributed by atoms with Crippen molar-refractivity contribution in [3.63, 3.8) is 0 Å². The number of alkyl halides is 2. The summed E-state index contributed by atoms with van der Waals surface area (Å²) in [6.07, 6.45) is -1.59. The van der Waals surface area contributed by atoms with Crippen LogP contribution in [0.2, 0.25) is 0 Å². The molecular formula is C22H18F2N4O2. The maximum Gasteiger partial charge on any atom is 0.280 e. The largest absolute Gasteiger partial charge is 0.507 e. The Kier molecular flexibility index (Phi) is 4.69. The van der Waals surface area contributed by atoms with Crippen LogP contribution in [0.1, 0.15) is 23.2 Å². The number of hydrogen-bond acceptors (Lipinski definition) is 5. The highest BCUT2D eigenvalue weighted by Crippen LogP contribution is 2.42. The van der Waals surface area contributed by atoms with Gasteiger partial charge in [0.15, 0.2) is 11.5 Å². The number of amides is 1. The van der Waals surface area contributed by atoms with Crippen LogP contribution in [0.4, 0.5) is 8.78 Å². The van der Waals surface area contributed by atoms with Gasteiger partial charge in [0.05, 0.1) is 0 Å². The zero-order valence-electron chi connectivity index (χ0n) is 16.0. The van der Waals surface area contributed by atoms with E-state index in [-0.39, 0.29) is 17.3 Å². The summed E-state index contributed by atoms with van der Waals surface area (Å²) in [6.45, 7) is 0. The Balaban J connectivity index is 1.98. The van der Waals surface area contributed by atoms with Crippen molar-refractivity contribution in [1.29, 1.82) is 0 Å². The van der Waals surface area contributed by atoms with E-state index in [9.17, 15) is 18.7 Å². The van der Waals surface area contributed by atoms with Crippen LogP contribution in [0.15, 0.2) is 71.9 Å². The fourth-order valence-electron chi connectivity index (χ4n) is 3.59. The summed E-state index contributed by atoms with van der Waals surface area (Å²) in [5, 5.41) is 10.4. The molecule has 2 aromatic carbocycles. The number of phenols is 1. The Bertz CT molecular complexity index is 1150. The number of rotatable bonds is 4. The van der Waals surface area contributed by atoms with Crippen molar-refractivity contribution < 1.29 is 18.7 Å². The first-order valence-corrected chi connectivity index (χ1v) is 9.11. The predicted molar refractivity (Wildman–Crippen MR) is 108 cm³/mol. The number of carbonyl (C=O) groups is 1. The first-order valence-electron chi connectivity index (χ1n) is 9.11. The zero-order chi connectivity index (χ0) is 21.5. The van der Waals surface area contributed by atoms with Gasteiger partial charge in [0, 0.05) is 18.8 Å². The lowest BCUT2D eigenvalue weighted by molar-refractivity contribution is -0.129. The monoisotopic (exact) mass is 408 g/mol. The Labute approximate surface area is 171 Å². The minimum absolute atomic E-state index is 0.0128. The minimum Gasteiger partial charge on any atom is -0.507 e. The van der Waals surface area contributed by atoms with E-state index in [0.29, 0.717) is 11.1 Å². The van der Waals surface area contributed by atoms with Crippen LogP contribution in [0, 0.1) is 0 Å². The third-order valence-electron chi connectivity index (χ3n) is 5.16. The van der Waals surface area contributed by atoms with Crippen LogP contribution in [0.5, 0.6) is 5.75 Å². The molecule has 1 atom stereocenters. The number of guanidine groups is 1. The third kappa shape index (κ3) is 2.97. The molecule has 1 amide bonds. The highest BCUT2D eigenvalue weighted by atomic mass is 19.3. The first kappa shape index (κ1) is 19.5. The van der Waals surface area contributed by atoms with Crippen LogP contribution < -0.4 is 5.73 Å². The number of pyridine rings is 1. The van der Waals surface area contributed by atoms with Crippen LogP contribution in [0.25, 0.3) is 11.1 Å². The first-order chi connectivity index (χ1) is 14.3. The molecule has 3 N–H and O–H groups in total. The second-order valence-corrected chi connectivity index (χ2v) is 6.91. The van der Waals surface area contributed by atoms with Gasteiger partial charge in [-0.3, -0.25) is 14.7 Å². The molecule has 30 heavy (non-hydrogen) atoms. The van der Waals surface area contributed by atoms with Gasteiger partial charge < -0.3 is 10.8 Å². The Morgan fingerprint density at radius 3 is 2.40 bits per heavy atom. The number of aliphatic imine (C=N–C) groups is 1. The predicted octanol–water partition coefficient (Wildman–Crippen LogP) is 3.42. The highest BCUT2D eigenvalue weighted by Gasteiger charge is 2.50. The standard InChI is InChI=1S/C22H18F2N4O2/c1-28-20(30)22(27-21(28)25,15-9-10-26-17(12-15)19(23)24)14-7-8-18(29)16(11-14)13-5-3-2-4-6-13/h2-12,19,29H,1H3,(H2,25,27). The van der Waals surface area contributed by atoms with Crippen molar-refractivity contribution in [2.24, 2.45) is 10.7 Å². The van der Waals surface area contributed by atoms with Gasteiger partial charge in [-0.05, 0) is 41.0 Å². The van der Waals surface area contributed by atoms with Gasteiger partial charge in [-0.25, -0.2) is 13.8 Å². The lowest BCUT2D eigenvalue weighted by Gasteiger charge is -2.27. The Morgan fingerprint density at radius 2 is 1.77 bits per heavy atom. The molecule has 0 radical (unpaired) electrons. The lowest BCUT2D eigenvalue weighted by atomic mass is 9.81. The molecule has 3 aromatic rings. The van der Waals surface area contributed by atoms with E-state index in [1.54, 1.807) is 6.07 Å². The van der Waals surface area contributed by atoms with Crippen molar-refractivity contribution in [3.05, 3.63) is 83.7 Å². The summed E-state index contributed by atoms with van der Waals surface area (Å²) in [6, 6.07) is 16.3. The third-order valence-corrected chi connectivity index (χ3v) is 5.16. The topological polar surface area (TPSA) is 91.8 Å². The summed E-state index contributed by atoms with van der Waals surface area (Å²) < 4.78 is 26.6. The van der Waals surface area contributed by atoms with Crippen LogP contribution in [-0.2, 0) is 10.3 Å². The van der Waals surface area contributed by atoms with Gasteiger partial charge in [0.2, 0.25) is 0 Å². The van der Waals surface area contributed by atoms with Gasteiger partial charge in [-0.2, -0.15) is 0 Å². The van der Waals surface area contributed by atoms with E-state index >= 15 is 0 Å². The highest BCUT2D eigenvalue weighted by molar-refractivity contribution is 6.09. The van der Waals surface area contributed by atoms with E-state index < -0.39 is 23.6 Å². The number of aromatic nitrogens is 1. The number of hydrogen-bond donors (Lipinski definition) is 2. The normalized spacial score (nSPS) is 18.7. The van der Waals surface area contributed by atoms with Crippen molar-refractivity contribution >= 4 is 11.9 Å². The van der Waals surface area contributed by atoms with E-state index in [4.69, 9.17) is 5.73 Å². The van der Waals surface area contributed by atoms with Gasteiger partial charge in [0.1, 0.15) is 11.4 Å².